The maximum absolute atomic E-state index is 13.6. The molecule has 0 aliphatic carbocycles. The molecule has 1 aliphatic heterocycles. The van der Waals surface area contributed by atoms with Gasteiger partial charge < -0.3 is 9.47 Å². The number of ether oxygens (including phenoxy) is 2. The molecular formula is C15H18FN3O3. The molecule has 1 atom stereocenters. The molecule has 1 fully saturated rings. The first kappa shape index (κ1) is 14.8. The molecule has 0 saturated carbocycles. The van der Waals surface area contributed by atoms with Crippen molar-refractivity contribution in [1.29, 1.82) is 0 Å². The molecule has 0 amide bonds. The Labute approximate surface area is 127 Å². The van der Waals surface area contributed by atoms with Crippen molar-refractivity contribution in [1.82, 2.24) is 14.3 Å². The van der Waals surface area contributed by atoms with Gasteiger partial charge in [-0.15, -0.1) is 5.10 Å². The van der Waals surface area contributed by atoms with Gasteiger partial charge in [-0.3, -0.25) is 4.57 Å². The van der Waals surface area contributed by atoms with Crippen molar-refractivity contribution in [3.05, 3.63) is 34.5 Å². The van der Waals surface area contributed by atoms with Crippen LogP contribution in [-0.4, -0.2) is 33.7 Å². The Bertz CT molecular complexity index is 732. The third-order valence-corrected chi connectivity index (χ3v) is 3.76. The molecule has 1 aromatic heterocycles. The SMILES string of the molecule is Cn1nc(-c2cc(F)ccc2OCC2CCCO2)n(C)c1=O. The summed E-state index contributed by atoms with van der Waals surface area (Å²) in [5.41, 5.74) is 0.183. The van der Waals surface area contributed by atoms with Crippen molar-refractivity contribution in [2.45, 2.75) is 18.9 Å². The lowest BCUT2D eigenvalue weighted by Gasteiger charge is -2.14. The number of aryl methyl sites for hydroxylation is 1. The van der Waals surface area contributed by atoms with Crippen molar-refractivity contribution in [2.24, 2.45) is 14.1 Å². The minimum absolute atomic E-state index is 0.0606. The maximum Gasteiger partial charge on any atom is 0.345 e. The standard InChI is InChI=1S/C15H18FN3O3/c1-18-14(17-19(2)15(18)20)12-8-10(16)5-6-13(12)22-9-11-4-3-7-21-11/h5-6,8,11H,3-4,7,9H2,1-2H3. The lowest BCUT2D eigenvalue weighted by Crippen LogP contribution is -2.20. The van der Waals surface area contributed by atoms with E-state index < -0.39 is 5.82 Å². The summed E-state index contributed by atoms with van der Waals surface area (Å²) in [6.45, 7) is 1.15. The van der Waals surface area contributed by atoms with Gasteiger partial charge in [0.25, 0.3) is 0 Å². The molecule has 0 bridgehead atoms. The molecule has 0 spiro atoms. The van der Waals surface area contributed by atoms with E-state index in [2.05, 4.69) is 5.10 Å². The van der Waals surface area contributed by atoms with Gasteiger partial charge in [0.2, 0.25) is 0 Å². The molecule has 7 heteroatoms. The van der Waals surface area contributed by atoms with Gasteiger partial charge in [0, 0.05) is 20.7 Å². The summed E-state index contributed by atoms with van der Waals surface area (Å²) in [4.78, 5) is 11.8. The van der Waals surface area contributed by atoms with E-state index in [4.69, 9.17) is 9.47 Å². The fraction of sp³-hybridized carbons (Fsp3) is 0.467. The second kappa shape index (κ2) is 5.92. The summed E-state index contributed by atoms with van der Waals surface area (Å²) >= 11 is 0. The molecule has 0 radical (unpaired) electrons. The highest BCUT2D eigenvalue weighted by Crippen LogP contribution is 2.29. The zero-order valence-electron chi connectivity index (χ0n) is 12.6. The van der Waals surface area contributed by atoms with Crippen LogP contribution in [0, 0.1) is 5.82 Å². The van der Waals surface area contributed by atoms with Crippen LogP contribution in [0.15, 0.2) is 23.0 Å². The van der Waals surface area contributed by atoms with Gasteiger partial charge in [0.05, 0.1) is 11.7 Å². The first-order chi connectivity index (χ1) is 10.6. The number of hydrogen-bond donors (Lipinski definition) is 0. The van der Waals surface area contributed by atoms with Crippen LogP contribution in [0.5, 0.6) is 5.75 Å². The van der Waals surface area contributed by atoms with E-state index in [0.29, 0.717) is 23.7 Å². The molecule has 1 aliphatic rings. The second-order valence-corrected chi connectivity index (χ2v) is 5.38. The van der Waals surface area contributed by atoms with Crippen LogP contribution < -0.4 is 10.4 Å². The highest BCUT2D eigenvalue weighted by molar-refractivity contribution is 5.64. The summed E-state index contributed by atoms with van der Waals surface area (Å²) in [5.74, 6) is 0.456. The maximum atomic E-state index is 13.6. The summed E-state index contributed by atoms with van der Waals surface area (Å²) in [6.07, 6.45) is 2.04. The molecule has 1 saturated heterocycles. The van der Waals surface area contributed by atoms with E-state index in [1.807, 2.05) is 0 Å². The largest absolute Gasteiger partial charge is 0.490 e. The van der Waals surface area contributed by atoms with Crippen molar-refractivity contribution >= 4 is 0 Å². The summed E-state index contributed by atoms with van der Waals surface area (Å²) in [7, 11) is 3.15. The van der Waals surface area contributed by atoms with Gasteiger partial charge in [-0.05, 0) is 31.0 Å². The Hall–Kier alpha value is -2.15. The van der Waals surface area contributed by atoms with Crippen LogP contribution in [-0.2, 0) is 18.8 Å². The van der Waals surface area contributed by atoms with Crippen molar-refractivity contribution in [2.75, 3.05) is 13.2 Å². The number of benzene rings is 1. The lowest BCUT2D eigenvalue weighted by molar-refractivity contribution is 0.0681. The van der Waals surface area contributed by atoms with E-state index in [-0.39, 0.29) is 11.8 Å². The monoisotopic (exact) mass is 307 g/mol. The van der Waals surface area contributed by atoms with E-state index in [9.17, 15) is 9.18 Å². The van der Waals surface area contributed by atoms with Crippen molar-refractivity contribution in [3.8, 4) is 17.1 Å². The van der Waals surface area contributed by atoms with Crippen molar-refractivity contribution < 1.29 is 13.9 Å². The lowest BCUT2D eigenvalue weighted by atomic mass is 10.1. The van der Waals surface area contributed by atoms with E-state index in [0.717, 1.165) is 19.4 Å². The van der Waals surface area contributed by atoms with Crippen molar-refractivity contribution in [3.63, 3.8) is 0 Å². The quantitative estimate of drug-likeness (QED) is 0.858. The molecule has 2 heterocycles. The molecule has 6 nitrogen and oxygen atoms in total. The minimum Gasteiger partial charge on any atom is -0.490 e. The van der Waals surface area contributed by atoms with Gasteiger partial charge in [0.1, 0.15) is 18.2 Å². The molecule has 1 aromatic carbocycles. The zero-order chi connectivity index (χ0) is 15.7. The predicted molar refractivity (Wildman–Crippen MR) is 78.3 cm³/mol. The molecular weight excluding hydrogens is 289 g/mol. The minimum atomic E-state index is -0.405. The predicted octanol–water partition coefficient (Wildman–Crippen LogP) is 1.48. The van der Waals surface area contributed by atoms with Gasteiger partial charge in [-0.2, -0.15) is 0 Å². The van der Waals surface area contributed by atoms with Gasteiger partial charge in [0.15, 0.2) is 5.82 Å². The number of nitrogens with zero attached hydrogens (tertiary/aromatic N) is 3. The van der Waals surface area contributed by atoms with Crippen LogP contribution in [0.2, 0.25) is 0 Å². The van der Waals surface area contributed by atoms with Crippen LogP contribution in [0.3, 0.4) is 0 Å². The summed E-state index contributed by atoms with van der Waals surface area (Å²) < 4.78 is 27.5. The van der Waals surface area contributed by atoms with Gasteiger partial charge in [-0.1, -0.05) is 0 Å². The smallest absolute Gasteiger partial charge is 0.345 e. The van der Waals surface area contributed by atoms with Crippen LogP contribution >= 0.6 is 0 Å². The molecule has 22 heavy (non-hydrogen) atoms. The number of hydrogen-bond acceptors (Lipinski definition) is 4. The normalized spacial score (nSPS) is 17.9. The Morgan fingerprint density at radius 3 is 2.91 bits per heavy atom. The van der Waals surface area contributed by atoms with Crippen LogP contribution in [0.4, 0.5) is 4.39 Å². The first-order valence-corrected chi connectivity index (χ1v) is 7.20. The average molecular weight is 307 g/mol. The zero-order valence-corrected chi connectivity index (χ0v) is 12.6. The fourth-order valence-electron chi connectivity index (χ4n) is 2.56. The summed E-state index contributed by atoms with van der Waals surface area (Å²) in [5, 5.41) is 4.15. The molecule has 0 N–H and O–H groups in total. The molecule has 118 valence electrons. The second-order valence-electron chi connectivity index (χ2n) is 5.38. The Morgan fingerprint density at radius 2 is 2.27 bits per heavy atom. The first-order valence-electron chi connectivity index (χ1n) is 7.20. The van der Waals surface area contributed by atoms with Gasteiger partial charge in [-0.25, -0.2) is 13.9 Å². The Morgan fingerprint density at radius 1 is 1.45 bits per heavy atom. The molecule has 1 unspecified atom stereocenters. The Kier molecular flexibility index (Phi) is 3.98. The fourth-order valence-corrected chi connectivity index (χ4v) is 2.56. The van der Waals surface area contributed by atoms with Crippen LogP contribution in [0.25, 0.3) is 11.4 Å². The number of rotatable bonds is 4. The number of halogens is 1. The highest BCUT2D eigenvalue weighted by Gasteiger charge is 2.19. The van der Waals surface area contributed by atoms with E-state index >= 15 is 0 Å². The number of aromatic nitrogens is 3. The summed E-state index contributed by atoms with van der Waals surface area (Å²) in [6, 6.07) is 4.21. The molecule has 3 rings (SSSR count). The topological polar surface area (TPSA) is 58.3 Å². The highest BCUT2D eigenvalue weighted by atomic mass is 19.1. The third kappa shape index (κ3) is 2.76. The Balaban J connectivity index is 1.93. The van der Waals surface area contributed by atoms with E-state index in [1.165, 1.54) is 21.4 Å². The van der Waals surface area contributed by atoms with Gasteiger partial charge >= 0.3 is 5.69 Å². The third-order valence-electron chi connectivity index (χ3n) is 3.76. The average Bonchev–Trinajstić information content (AvgIpc) is 3.10. The van der Waals surface area contributed by atoms with Crippen LogP contribution in [0.1, 0.15) is 12.8 Å². The van der Waals surface area contributed by atoms with E-state index in [1.54, 1.807) is 20.2 Å². The molecule has 2 aromatic rings.